The van der Waals surface area contributed by atoms with Gasteiger partial charge >= 0.3 is 0 Å². The van der Waals surface area contributed by atoms with E-state index in [4.69, 9.17) is 10.3 Å². The largest absolute Gasteiger partial charge is 0.339 e. The van der Waals surface area contributed by atoms with Crippen LogP contribution >= 0.6 is 11.8 Å². The van der Waals surface area contributed by atoms with Crippen LogP contribution in [0.3, 0.4) is 0 Å². The Morgan fingerprint density at radius 2 is 1.95 bits per heavy atom. The van der Waals surface area contributed by atoms with Gasteiger partial charge in [-0.1, -0.05) is 45.2 Å². The fourth-order valence-corrected chi connectivity index (χ4v) is 3.46. The smallest absolute Gasteiger partial charge is 0.227 e. The highest BCUT2D eigenvalue weighted by atomic mass is 32.2. The molecule has 2 rings (SSSR count). The number of rotatable bonds is 5. The first kappa shape index (κ1) is 15.8. The summed E-state index contributed by atoms with van der Waals surface area (Å²) in [4.78, 5) is 4.55. The normalized spacial score (nSPS) is 19.2. The second-order valence-electron chi connectivity index (χ2n) is 6.95. The molecule has 0 aliphatic heterocycles. The van der Waals surface area contributed by atoms with E-state index in [0.717, 1.165) is 30.4 Å². The molecule has 0 radical (unpaired) electrons. The van der Waals surface area contributed by atoms with E-state index in [1.807, 2.05) is 11.8 Å². The first-order valence-corrected chi connectivity index (χ1v) is 8.57. The van der Waals surface area contributed by atoms with Crippen molar-refractivity contribution in [3.05, 3.63) is 11.7 Å². The summed E-state index contributed by atoms with van der Waals surface area (Å²) in [5, 5.41) is 4.10. The molecule has 0 unspecified atom stereocenters. The Balaban J connectivity index is 1.94. The Morgan fingerprint density at radius 1 is 1.25 bits per heavy atom. The average Bonchev–Trinajstić information content (AvgIpc) is 2.84. The van der Waals surface area contributed by atoms with Gasteiger partial charge in [0.1, 0.15) is 0 Å². The summed E-state index contributed by atoms with van der Waals surface area (Å²) in [7, 11) is 0. The molecule has 0 spiro atoms. The lowest BCUT2D eigenvalue weighted by Gasteiger charge is -2.34. The molecule has 114 valence electrons. The first-order chi connectivity index (χ1) is 9.42. The SMILES string of the molecule is CC(C)(C)SCc1noc(CC2(CN)CCCCC2)n1. The summed E-state index contributed by atoms with van der Waals surface area (Å²) in [5.41, 5.74) is 6.21. The zero-order chi connectivity index (χ0) is 14.6. The molecule has 0 bridgehead atoms. The van der Waals surface area contributed by atoms with Crippen LogP contribution in [0.5, 0.6) is 0 Å². The van der Waals surface area contributed by atoms with Crippen molar-refractivity contribution in [2.75, 3.05) is 6.54 Å². The topological polar surface area (TPSA) is 64.9 Å². The minimum atomic E-state index is 0.194. The van der Waals surface area contributed by atoms with E-state index in [9.17, 15) is 0 Å². The van der Waals surface area contributed by atoms with E-state index in [2.05, 4.69) is 30.9 Å². The minimum Gasteiger partial charge on any atom is -0.339 e. The van der Waals surface area contributed by atoms with Crippen molar-refractivity contribution in [3.8, 4) is 0 Å². The Bertz CT molecular complexity index is 419. The van der Waals surface area contributed by atoms with Crippen molar-refractivity contribution in [2.45, 2.75) is 69.8 Å². The molecule has 1 aliphatic carbocycles. The van der Waals surface area contributed by atoms with Crippen molar-refractivity contribution in [2.24, 2.45) is 11.1 Å². The van der Waals surface area contributed by atoms with Gasteiger partial charge in [-0.05, 0) is 24.8 Å². The van der Waals surface area contributed by atoms with Gasteiger partial charge in [0.25, 0.3) is 0 Å². The maximum Gasteiger partial charge on any atom is 0.227 e. The second-order valence-corrected chi connectivity index (χ2v) is 8.75. The predicted molar refractivity (Wildman–Crippen MR) is 83.6 cm³/mol. The van der Waals surface area contributed by atoms with E-state index in [1.165, 1.54) is 32.1 Å². The van der Waals surface area contributed by atoms with E-state index in [1.54, 1.807) is 0 Å². The maximum absolute atomic E-state index is 6.01. The van der Waals surface area contributed by atoms with Gasteiger partial charge < -0.3 is 10.3 Å². The summed E-state index contributed by atoms with van der Waals surface area (Å²) < 4.78 is 5.65. The first-order valence-electron chi connectivity index (χ1n) is 7.58. The second kappa shape index (κ2) is 6.48. The zero-order valence-corrected chi connectivity index (χ0v) is 13.8. The fourth-order valence-electron chi connectivity index (χ4n) is 2.78. The summed E-state index contributed by atoms with van der Waals surface area (Å²) in [5.74, 6) is 2.38. The maximum atomic E-state index is 6.01. The van der Waals surface area contributed by atoms with Crippen molar-refractivity contribution in [3.63, 3.8) is 0 Å². The van der Waals surface area contributed by atoms with Crippen molar-refractivity contribution < 1.29 is 4.52 Å². The summed E-state index contributed by atoms with van der Waals surface area (Å²) in [6.07, 6.45) is 7.11. The van der Waals surface area contributed by atoms with Gasteiger partial charge in [0, 0.05) is 11.2 Å². The summed E-state index contributed by atoms with van der Waals surface area (Å²) in [6, 6.07) is 0. The van der Waals surface area contributed by atoms with Gasteiger partial charge in [-0.15, -0.1) is 11.8 Å². The Hall–Kier alpha value is -0.550. The molecule has 0 atom stereocenters. The van der Waals surface area contributed by atoms with Crippen LogP contribution in [0.15, 0.2) is 4.52 Å². The van der Waals surface area contributed by atoms with Crippen LogP contribution in [0.1, 0.15) is 64.6 Å². The van der Waals surface area contributed by atoms with Crippen LogP contribution in [-0.4, -0.2) is 21.4 Å². The van der Waals surface area contributed by atoms with Crippen molar-refractivity contribution >= 4 is 11.8 Å². The van der Waals surface area contributed by atoms with Crippen LogP contribution in [0.4, 0.5) is 0 Å². The number of nitrogens with two attached hydrogens (primary N) is 1. The third kappa shape index (κ3) is 4.48. The van der Waals surface area contributed by atoms with Gasteiger partial charge in [0.05, 0.1) is 5.75 Å². The van der Waals surface area contributed by atoms with Crippen molar-refractivity contribution in [1.82, 2.24) is 10.1 Å². The minimum absolute atomic E-state index is 0.194. The predicted octanol–water partition coefficient (Wildman–Crippen LogP) is 3.55. The van der Waals surface area contributed by atoms with Gasteiger partial charge in [-0.2, -0.15) is 4.98 Å². The lowest BCUT2D eigenvalue weighted by atomic mass is 9.72. The summed E-state index contributed by atoms with van der Waals surface area (Å²) in [6.45, 7) is 7.32. The van der Waals surface area contributed by atoms with Crippen molar-refractivity contribution in [1.29, 1.82) is 0 Å². The van der Waals surface area contributed by atoms with Crippen LogP contribution in [0.2, 0.25) is 0 Å². The quantitative estimate of drug-likeness (QED) is 0.900. The molecule has 1 aliphatic rings. The van der Waals surface area contributed by atoms with E-state index in [-0.39, 0.29) is 10.2 Å². The molecule has 5 heteroatoms. The molecule has 1 aromatic rings. The molecule has 4 nitrogen and oxygen atoms in total. The van der Waals surface area contributed by atoms with Crippen LogP contribution < -0.4 is 5.73 Å². The van der Waals surface area contributed by atoms with Crippen LogP contribution in [-0.2, 0) is 12.2 Å². The fraction of sp³-hybridized carbons (Fsp3) is 0.867. The highest BCUT2D eigenvalue weighted by Gasteiger charge is 2.32. The standard InChI is InChI=1S/C15H27N3OS/c1-14(2,3)20-10-12-17-13(19-18-12)9-15(11-16)7-5-4-6-8-15/h4-11,16H2,1-3H3. The number of aromatic nitrogens is 2. The molecule has 0 amide bonds. The van der Waals surface area contributed by atoms with Crippen LogP contribution in [0, 0.1) is 5.41 Å². The molecule has 1 fully saturated rings. The number of nitrogens with zero attached hydrogens (tertiary/aromatic N) is 2. The van der Waals surface area contributed by atoms with Crippen LogP contribution in [0.25, 0.3) is 0 Å². The zero-order valence-electron chi connectivity index (χ0n) is 12.9. The summed E-state index contributed by atoms with van der Waals surface area (Å²) >= 11 is 1.84. The Labute approximate surface area is 126 Å². The van der Waals surface area contributed by atoms with Gasteiger partial charge in [0.2, 0.25) is 5.89 Å². The highest BCUT2D eigenvalue weighted by Crippen LogP contribution is 2.38. The third-order valence-electron chi connectivity index (χ3n) is 4.02. The number of hydrogen-bond acceptors (Lipinski definition) is 5. The molecular weight excluding hydrogens is 270 g/mol. The Morgan fingerprint density at radius 3 is 2.55 bits per heavy atom. The lowest BCUT2D eigenvalue weighted by Crippen LogP contribution is -2.35. The van der Waals surface area contributed by atoms with E-state index < -0.39 is 0 Å². The molecule has 0 aromatic carbocycles. The highest BCUT2D eigenvalue weighted by molar-refractivity contribution is 7.99. The van der Waals surface area contributed by atoms with Gasteiger partial charge in [-0.3, -0.25) is 0 Å². The molecule has 20 heavy (non-hydrogen) atoms. The molecule has 1 saturated carbocycles. The number of hydrogen-bond donors (Lipinski definition) is 1. The molecule has 1 heterocycles. The lowest BCUT2D eigenvalue weighted by molar-refractivity contribution is 0.177. The third-order valence-corrected chi connectivity index (χ3v) is 5.29. The molecule has 1 aromatic heterocycles. The van der Waals surface area contributed by atoms with E-state index >= 15 is 0 Å². The molecule has 0 saturated heterocycles. The average molecular weight is 297 g/mol. The Kier molecular flexibility index (Phi) is 5.13. The van der Waals surface area contributed by atoms with Gasteiger partial charge in [0.15, 0.2) is 5.82 Å². The monoisotopic (exact) mass is 297 g/mol. The van der Waals surface area contributed by atoms with Gasteiger partial charge in [-0.25, -0.2) is 0 Å². The number of thioether (sulfide) groups is 1. The molecular formula is C15H27N3OS. The molecule has 2 N–H and O–H groups in total. The van der Waals surface area contributed by atoms with E-state index in [0.29, 0.717) is 0 Å².